The van der Waals surface area contributed by atoms with Crippen LogP contribution in [-0.4, -0.2) is 42.1 Å². The topological polar surface area (TPSA) is 34.5 Å². The fourth-order valence-corrected chi connectivity index (χ4v) is 5.47. The maximum atomic E-state index is 13.2. The van der Waals surface area contributed by atoms with Gasteiger partial charge in [0.25, 0.3) is 0 Å². The number of carbonyl (C=O) groups excluding carboxylic acids is 1. The van der Waals surface area contributed by atoms with Crippen LogP contribution in [0.1, 0.15) is 107 Å². The van der Waals surface area contributed by atoms with E-state index in [0.717, 1.165) is 42.3 Å². The van der Waals surface area contributed by atoms with Crippen LogP contribution < -0.4 is 4.74 Å². The summed E-state index contributed by atoms with van der Waals surface area (Å²) in [5, 5.41) is 1.16. The lowest BCUT2D eigenvalue weighted by molar-refractivity contribution is 0.0904. The smallest absolute Gasteiger partial charge is 0.231 e. The van der Waals surface area contributed by atoms with Crippen LogP contribution in [0, 0.1) is 0 Å². The van der Waals surface area contributed by atoms with E-state index in [2.05, 4.69) is 55.4 Å². The van der Waals surface area contributed by atoms with Crippen LogP contribution >= 0.6 is 0 Å². The minimum Gasteiger partial charge on any atom is -0.497 e. The summed E-state index contributed by atoms with van der Waals surface area (Å²) in [6.45, 7) is 3.42. The first kappa shape index (κ1) is 29.2. The first-order valence-corrected chi connectivity index (χ1v) is 14.9. The van der Waals surface area contributed by atoms with Crippen molar-refractivity contribution < 1.29 is 9.53 Å². The number of methoxy groups -OCH3 is 1. The number of carbonyl (C=O) groups is 1. The lowest BCUT2D eigenvalue weighted by atomic mass is 10.0. The molecule has 3 rings (SSSR count). The third-order valence-electron chi connectivity index (χ3n) is 7.83. The monoisotopic (exact) mass is 506 g/mol. The first-order valence-electron chi connectivity index (χ1n) is 14.9. The van der Waals surface area contributed by atoms with Crippen LogP contribution in [0.5, 0.6) is 5.75 Å². The van der Waals surface area contributed by atoms with Gasteiger partial charge in [0, 0.05) is 24.0 Å². The quantitative estimate of drug-likeness (QED) is 0.159. The Hall–Kier alpha value is -2.33. The Bertz CT molecular complexity index is 1000. The zero-order valence-corrected chi connectivity index (χ0v) is 23.7. The number of likely N-dealkylation sites (N-methyl/N-ethyl adjacent to an activating group) is 1. The van der Waals surface area contributed by atoms with Crippen LogP contribution in [0.4, 0.5) is 0 Å². The first-order chi connectivity index (χ1) is 18.1. The summed E-state index contributed by atoms with van der Waals surface area (Å²) in [5.41, 5.74) is 2.28. The van der Waals surface area contributed by atoms with Gasteiger partial charge in [0.05, 0.1) is 12.6 Å². The number of unbranched alkanes of at least 4 members (excludes halogenated alkanes) is 8. The predicted octanol–water partition coefficient (Wildman–Crippen LogP) is 8.74. The molecule has 4 nitrogen and oxygen atoms in total. The summed E-state index contributed by atoms with van der Waals surface area (Å²) in [7, 11) is 3.92. The van der Waals surface area contributed by atoms with Crippen molar-refractivity contribution in [1.29, 1.82) is 0 Å². The van der Waals surface area contributed by atoms with Crippen molar-refractivity contribution in [3.05, 3.63) is 54.3 Å². The van der Waals surface area contributed by atoms with Gasteiger partial charge in [-0.2, -0.15) is 0 Å². The Morgan fingerprint density at radius 2 is 1.73 bits per heavy atom. The van der Waals surface area contributed by atoms with Crippen molar-refractivity contribution in [3.63, 3.8) is 0 Å². The summed E-state index contributed by atoms with van der Waals surface area (Å²) < 4.78 is 7.39. The third kappa shape index (κ3) is 9.48. The predicted molar refractivity (Wildman–Crippen MR) is 158 cm³/mol. The molecule has 1 aliphatic heterocycles. The molecule has 4 heteroatoms. The third-order valence-corrected chi connectivity index (χ3v) is 7.83. The minimum absolute atomic E-state index is 0.215. The molecule has 1 aromatic heterocycles. The van der Waals surface area contributed by atoms with E-state index in [9.17, 15) is 4.79 Å². The molecule has 1 fully saturated rings. The highest BCUT2D eigenvalue weighted by Gasteiger charge is 2.23. The van der Waals surface area contributed by atoms with E-state index in [4.69, 9.17) is 4.74 Å². The fraction of sp³-hybridized carbons (Fsp3) is 0.606. The zero-order valence-electron chi connectivity index (χ0n) is 23.7. The number of ether oxygens (including phenoxy) is 1. The van der Waals surface area contributed by atoms with Crippen LogP contribution in [0.15, 0.2) is 48.7 Å². The van der Waals surface area contributed by atoms with Crippen molar-refractivity contribution in [1.82, 2.24) is 9.47 Å². The normalized spacial score (nSPS) is 16.6. The van der Waals surface area contributed by atoms with Crippen LogP contribution in [-0.2, 0) is 6.42 Å². The summed E-state index contributed by atoms with van der Waals surface area (Å²) in [4.78, 5) is 15.6. The molecule has 0 radical (unpaired) electrons. The molecule has 1 atom stereocenters. The summed E-state index contributed by atoms with van der Waals surface area (Å²) in [5.74, 6) is 1.07. The number of likely N-dealkylation sites (tertiary alicyclic amines) is 1. The second-order valence-electron chi connectivity index (χ2n) is 10.8. The lowest BCUT2D eigenvalue weighted by Crippen LogP contribution is -2.26. The second kappa shape index (κ2) is 16.5. The van der Waals surface area contributed by atoms with Gasteiger partial charge < -0.3 is 9.64 Å². The van der Waals surface area contributed by atoms with Crippen molar-refractivity contribution in [3.8, 4) is 5.75 Å². The number of rotatable bonds is 17. The molecule has 0 bridgehead atoms. The van der Waals surface area contributed by atoms with E-state index < -0.39 is 0 Å². The molecule has 0 spiro atoms. The van der Waals surface area contributed by atoms with E-state index >= 15 is 0 Å². The number of benzene rings is 1. The minimum atomic E-state index is 0.215. The molecule has 0 amide bonds. The average Bonchev–Trinajstić information content (AvgIpc) is 3.49. The molecule has 2 heterocycles. The van der Waals surface area contributed by atoms with E-state index in [1.165, 1.54) is 76.3 Å². The summed E-state index contributed by atoms with van der Waals surface area (Å²) in [6.07, 6.45) is 28.6. The van der Waals surface area contributed by atoms with Gasteiger partial charge in [0.15, 0.2) is 0 Å². The van der Waals surface area contributed by atoms with Gasteiger partial charge in [-0.25, -0.2) is 0 Å². The molecule has 0 unspecified atom stereocenters. The van der Waals surface area contributed by atoms with Gasteiger partial charge in [-0.1, -0.05) is 63.3 Å². The molecular weight excluding hydrogens is 456 g/mol. The van der Waals surface area contributed by atoms with E-state index in [0.29, 0.717) is 12.5 Å². The average molecular weight is 507 g/mol. The van der Waals surface area contributed by atoms with Crippen molar-refractivity contribution in [2.24, 2.45) is 0 Å². The Labute approximate surface area is 225 Å². The number of nitrogens with zero attached hydrogens (tertiary/aromatic N) is 2. The standard InChI is InChI=1S/C33H50N2O2/c1-4-5-6-7-8-9-10-11-12-13-14-15-16-17-18-21-33(36)35-27-28(25-29-20-19-24-34(29)2)31-26-30(37-3)22-23-32(31)35/h8-9,11-12,22-23,26-27,29H,4-7,10,13-21,24-25H2,1-3H3/b9-8-,12-11-/t29-/m1/s1. The number of allylic oxidation sites excluding steroid dienone is 4. The molecule has 1 aromatic carbocycles. The number of hydrogen-bond acceptors (Lipinski definition) is 3. The van der Waals surface area contributed by atoms with E-state index in [1.807, 2.05) is 16.7 Å². The molecule has 37 heavy (non-hydrogen) atoms. The van der Waals surface area contributed by atoms with E-state index in [1.54, 1.807) is 7.11 Å². The van der Waals surface area contributed by atoms with Crippen LogP contribution in [0.3, 0.4) is 0 Å². The fourth-order valence-electron chi connectivity index (χ4n) is 5.47. The molecule has 1 saturated heterocycles. The SMILES string of the molecule is CCCCC/C=C\C/C=C\CCCCCCCC(=O)n1cc(C[C@H]2CCCN2C)c2cc(OC)ccc21. The van der Waals surface area contributed by atoms with Crippen LogP contribution in [0.2, 0.25) is 0 Å². The Morgan fingerprint density at radius 1 is 1.00 bits per heavy atom. The van der Waals surface area contributed by atoms with Gasteiger partial charge in [0.2, 0.25) is 5.91 Å². The van der Waals surface area contributed by atoms with Gasteiger partial charge in [-0.3, -0.25) is 9.36 Å². The molecule has 0 N–H and O–H groups in total. The maximum absolute atomic E-state index is 13.2. The molecule has 1 aliphatic rings. The molecule has 204 valence electrons. The number of fused-ring (bicyclic) bond motifs is 1. The second-order valence-corrected chi connectivity index (χ2v) is 10.8. The van der Waals surface area contributed by atoms with Gasteiger partial charge in [-0.15, -0.1) is 0 Å². The van der Waals surface area contributed by atoms with Gasteiger partial charge >= 0.3 is 0 Å². The summed E-state index contributed by atoms with van der Waals surface area (Å²) >= 11 is 0. The highest BCUT2D eigenvalue weighted by Crippen LogP contribution is 2.30. The maximum Gasteiger partial charge on any atom is 0.231 e. The van der Waals surface area contributed by atoms with E-state index in [-0.39, 0.29) is 5.91 Å². The van der Waals surface area contributed by atoms with Crippen LogP contribution in [0.25, 0.3) is 10.9 Å². The molecule has 0 saturated carbocycles. The van der Waals surface area contributed by atoms with Gasteiger partial charge in [0.1, 0.15) is 5.75 Å². The molecule has 2 aromatic rings. The Morgan fingerprint density at radius 3 is 2.43 bits per heavy atom. The Balaban J connectivity index is 1.38. The highest BCUT2D eigenvalue weighted by atomic mass is 16.5. The highest BCUT2D eigenvalue weighted by molar-refractivity contribution is 5.95. The number of hydrogen-bond donors (Lipinski definition) is 0. The largest absolute Gasteiger partial charge is 0.497 e. The van der Waals surface area contributed by atoms with Gasteiger partial charge in [-0.05, 0) is 95.1 Å². The zero-order chi connectivity index (χ0) is 26.3. The molecule has 0 aliphatic carbocycles. The van der Waals surface area contributed by atoms with Crippen molar-refractivity contribution in [2.45, 2.75) is 109 Å². The molecular formula is C33H50N2O2. The number of aromatic nitrogens is 1. The lowest BCUT2D eigenvalue weighted by Gasteiger charge is -2.18. The van der Waals surface area contributed by atoms with Crippen molar-refractivity contribution >= 4 is 16.8 Å². The summed E-state index contributed by atoms with van der Waals surface area (Å²) in [6, 6.07) is 6.67. The van der Waals surface area contributed by atoms with Crippen molar-refractivity contribution in [2.75, 3.05) is 20.7 Å². The Kier molecular flexibility index (Phi) is 13.0.